The lowest BCUT2D eigenvalue weighted by Gasteiger charge is -2.37. The molecule has 0 saturated heterocycles. The number of quaternary nitrogens is 1. The fourth-order valence-electron chi connectivity index (χ4n) is 3.84. The molecule has 0 heterocycles. The first kappa shape index (κ1) is 20.0. The zero-order chi connectivity index (χ0) is 18.1. The van der Waals surface area contributed by atoms with Gasteiger partial charge in [0.1, 0.15) is 6.04 Å². The molecule has 2 aromatic rings. The molecule has 25 heavy (non-hydrogen) atoms. The largest absolute Gasteiger partial charge is 0.323 e. The van der Waals surface area contributed by atoms with Crippen molar-refractivity contribution in [3.8, 4) is 0 Å². The number of hydrogen-bond donors (Lipinski definition) is 0. The SMILES string of the molecule is CCCCCCCCCC[N+](C)(C)C(C)c1cccc2ccccc12. The fraction of sp³-hybridized carbons (Fsp3) is 0.583. The van der Waals surface area contributed by atoms with Gasteiger partial charge >= 0.3 is 0 Å². The van der Waals surface area contributed by atoms with E-state index in [1.54, 1.807) is 0 Å². The number of unbranched alkanes of at least 4 members (excludes halogenated alkanes) is 7. The summed E-state index contributed by atoms with van der Waals surface area (Å²) >= 11 is 0. The molecule has 1 nitrogen and oxygen atoms in total. The number of benzene rings is 2. The second-order valence-corrected chi connectivity index (χ2v) is 8.22. The molecule has 0 N–H and O–H groups in total. The van der Waals surface area contributed by atoms with Gasteiger partial charge in [-0.3, -0.25) is 0 Å². The van der Waals surface area contributed by atoms with Crippen molar-refractivity contribution >= 4 is 10.8 Å². The van der Waals surface area contributed by atoms with E-state index in [2.05, 4.69) is 70.4 Å². The van der Waals surface area contributed by atoms with Gasteiger partial charge in [0.15, 0.2) is 0 Å². The molecule has 0 radical (unpaired) electrons. The molecule has 0 saturated carbocycles. The maximum Gasteiger partial charge on any atom is 0.112 e. The Morgan fingerprint density at radius 3 is 2.08 bits per heavy atom. The van der Waals surface area contributed by atoms with Gasteiger partial charge in [0.05, 0.1) is 20.6 Å². The molecule has 0 amide bonds. The molecule has 0 aromatic heterocycles. The molecule has 0 fully saturated rings. The summed E-state index contributed by atoms with van der Waals surface area (Å²) in [4.78, 5) is 0. The van der Waals surface area contributed by atoms with Crippen LogP contribution in [0.15, 0.2) is 42.5 Å². The van der Waals surface area contributed by atoms with Crippen LogP contribution in [0.25, 0.3) is 10.8 Å². The van der Waals surface area contributed by atoms with Gasteiger partial charge in [-0.2, -0.15) is 0 Å². The highest BCUT2D eigenvalue weighted by atomic mass is 15.3. The van der Waals surface area contributed by atoms with Gasteiger partial charge in [-0.1, -0.05) is 87.9 Å². The topological polar surface area (TPSA) is 0 Å². The fourth-order valence-corrected chi connectivity index (χ4v) is 3.84. The van der Waals surface area contributed by atoms with Crippen molar-refractivity contribution in [3.05, 3.63) is 48.0 Å². The van der Waals surface area contributed by atoms with Crippen LogP contribution < -0.4 is 0 Å². The molecule has 0 aliphatic rings. The van der Waals surface area contributed by atoms with Crippen LogP contribution >= 0.6 is 0 Å². The molecule has 0 spiro atoms. The number of nitrogens with zero attached hydrogens (tertiary/aromatic N) is 1. The highest BCUT2D eigenvalue weighted by Gasteiger charge is 2.26. The van der Waals surface area contributed by atoms with Crippen LogP contribution in [0.2, 0.25) is 0 Å². The van der Waals surface area contributed by atoms with E-state index >= 15 is 0 Å². The summed E-state index contributed by atoms with van der Waals surface area (Å²) in [5, 5.41) is 2.78. The van der Waals surface area contributed by atoms with E-state index in [0.717, 1.165) is 4.48 Å². The van der Waals surface area contributed by atoms with E-state index in [9.17, 15) is 0 Å². The minimum atomic E-state index is 0.524. The second-order valence-electron chi connectivity index (χ2n) is 8.22. The lowest BCUT2D eigenvalue weighted by atomic mass is 9.97. The zero-order valence-corrected chi connectivity index (χ0v) is 16.9. The lowest BCUT2D eigenvalue weighted by Crippen LogP contribution is -2.42. The summed E-state index contributed by atoms with van der Waals surface area (Å²) < 4.78 is 1.07. The van der Waals surface area contributed by atoms with E-state index in [0.29, 0.717) is 6.04 Å². The van der Waals surface area contributed by atoms with Gasteiger partial charge < -0.3 is 4.48 Å². The summed E-state index contributed by atoms with van der Waals surface area (Å²) in [6.07, 6.45) is 11.2. The van der Waals surface area contributed by atoms with Crippen LogP contribution in [0.1, 0.15) is 76.8 Å². The van der Waals surface area contributed by atoms with E-state index in [4.69, 9.17) is 0 Å². The van der Waals surface area contributed by atoms with E-state index in [1.165, 1.54) is 74.2 Å². The molecule has 0 aliphatic heterocycles. The second kappa shape index (κ2) is 9.97. The Bertz CT molecular complexity index is 624. The Labute approximate surface area is 155 Å². The van der Waals surface area contributed by atoms with Gasteiger partial charge in [-0.15, -0.1) is 0 Å². The Kier molecular flexibility index (Phi) is 7.96. The van der Waals surface area contributed by atoms with Crippen molar-refractivity contribution in [3.63, 3.8) is 0 Å². The molecule has 1 heteroatoms. The van der Waals surface area contributed by atoms with Crippen LogP contribution in [0.5, 0.6) is 0 Å². The third kappa shape index (κ3) is 5.85. The molecule has 2 aromatic carbocycles. The first-order valence-electron chi connectivity index (χ1n) is 10.4. The van der Waals surface area contributed by atoms with Crippen molar-refractivity contribution in [2.75, 3.05) is 20.6 Å². The predicted molar refractivity (Wildman–Crippen MR) is 112 cm³/mol. The van der Waals surface area contributed by atoms with Gasteiger partial charge in [-0.25, -0.2) is 0 Å². The highest BCUT2D eigenvalue weighted by molar-refractivity contribution is 5.85. The van der Waals surface area contributed by atoms with Crippen molar-refractivity contribution in [2.24, 2.45) is 0 Å². The zero-order valence-electron chi connectivity index (χ0n) is 16.9. The van der Waals surface area contributed by atoms with Crippen molar-refractivity contribution in [2.45, 2.75) is 71.3 Å². The monoisotopic (exact) mass is 340 g/mol. The summed E-state index contributed by atoms with van der Waals surface area (Å²) in [6.45, 7) is 5.95. The number of rotatable bonds is 11. The molecule has 0 aliphatic carbocycles. The third-order valence-corrected chi connectivity index (χ3v) is 5.91. The van der Waals surface area contributed by atoms with Crippen LogP contribution in [-0.4, -0.2) is 25.1 Å². The smallest absolute Gasteiger partial charge is 0.112 e. The highest BCUT2D eigenvalue weighted by Crippen LogP contribution is 2.31. The minimum absolute atomic E-state index is 0.524. The van der Waals surface area contributed by atoms with E-state index in [1.807, 2.05) is 0 Å². The molecule has 1 atom stereocenters. The maximum absolute atomic E-state index is 2.40. The van der Waals surface area contributed by atoms with Crippen LogP contribution in [0.3, 0.4) is 0 Å². The van der Waals surface area contributed by atoms with E-state index in [-0.39, 0.29) is 0 Å². The Morgan fingerprint density at radius 2 is 1.36 bits per heavy atom. The van der Waals surface area contributed by atoms with Crippen LogP contribution in [-0.2, 0) is 0 Å². The third-order valence-electron chi connectivity index (χ3n) is 5.91. The van der Waals surface area contributed by atoms with Crippen molar-refractivity contribution in [1.29, 1.82) is 0 Å². The van der Waals surface area contributed by atoms with Gasteiger partial charge in [0, 0.05) is 5.56 Å². The Hall–Kier alpha value is -1.34. The Balaban J connectivity index is 1.86. The summed E-state index contributed by atoms with van der Waals surface area (Å²) in [7, 11) is 4.79. The molecule has 1 unspecified atom stereocenters. The summed E-state index contributed by atoms with van der Waals surface area (Å²) in [5.41, 5.74) is 1.49. The first-order chi connectivity index (χ1) is 12.1. The maximum atomic E-state index is 2.40. The molecular formula is C24H38N+. The van der Waals surface area contributed by atoms with Crippen molar-refractivity contribution < 1.29 is 4.48 Å². The van der Waals surface area contributed by atoms with Gasteiger partial charge in [0.25, 0.3) is 0 Å². The van der Waals surface area contributed by atoms with Crippen LogP contribution in [0.4, 0.5) is 0 Å². The van der Waals surface area contributed by atoms with Crippen LogP contribution in [0, 0.1) is 0 Å². The standard InChI is InChI=1S/C24H38N/c1-5-6-7-8-9-10-11-14-20-25(3,4)21(2)23-19-15-17-22-16-12-13-18-24(22)23/h12-13,15-19,21H,5-11,14,20H2,1-4H3/q+1. The first-order valence-corrected chi connectivity index (χ1v) is 10.4. The molecular weight excluding hydrogens is 302 g/mol. The van der Waals surface area contributed by atoms with E-state index < -0.39 is 0 Å². The summed E-state index contributed by atoms with van der Waals surface area (Å²) in [5.74, 6) is 0. The number of hydrogen-bond acceptors (Lipinski definition) is 0. The van der Waals surface area contributed by atoms with Crippen molar-refractivity contribution in [1.82, 2.24) is 0 Å². The molecule has 0 bridgehead atoms. The number of fused-ring (bicyclic) bond motifs is 1. The summed E-state index contributed by atoms with van der Waals surface area (Å²) in [6, 6.07) is 16.1. The minimum Gasteiger partial charge on any atom is -0.323 e. The Morgan fingerprint density at radius 1 is 0.760 bits per heavy atom. The predicted octanol–water partition coefficient (Wildman–Crippen LogP) is 7.12. The average molecular weight is 341 g/mol. The molecule has 138 valence electrons. The normalized spacial score (nSPS) is 13.3. The van der Waals surface area contributed by atoms with Gasteiger partial charge in [0.2, 0.25) is 0 Å². The lowest BCUT2D eigenvalue weighted by molar-refractivity contribution is -0.919. The average Bonchev–Trinajstić information content (AvgIpc) is 2.62. The molecule has 2 rings (SSSR count). The quantitative estimate of drug-likeness (QED) is 0.302. The van der Waals surface area contributed by atoms with Gasteiger partial charge in [-0.05, 0) is 30.5 Å².